The van der Waals surface area contributed by atoms with E-state index in [4.69, 9.17) is 11.6 Å². The van der Waals surface area contributed by atoms with Crippen LogP contribution >= 0.6 is 24.0 Å². The van der Waals surface area contributed by atoms with Crippen molar-refractivity contribution in [1.82, 2.24) is 25.0 Å². The fourth-order valence-corrected chi connectivity index (χ4v) is 3.12. The maximum atomic E-state index is 12.8. The number of aryl methyl sites for hydroxylation is 1. The van der Waals surface area contributed by atoms with Crippen LogP contribution in [0.5, 0.6) is 0 Å². The van der Waals surface area contributed by atoms with E-state index in [1.165, 1.54) is 0 Å². The van der Waals surface area contributed by atoms with E-state index in [2.05, 4.69) is 22.3 Å². The Morgan fingerprint density at radius 1 is 1.40 bits per heavy atom. The minimum Gasteiger partial charge on any atom is -0.331 e. The first kappa shape index (κ1) is 19.7. The van der Waals surface area contributed by atoms with Gasteiger partial charge in [0, 0.05) is 32.1 Å². The summed E-state index contributed by atoms with van der Waals surface area (Å²) in [7, 11) is 0. The van der Waals surface area contributed by atoms with Crippen molar-refractivity contribution in [3.8, 4) is 5.69 Å². The highest BCUT2D eigenvalue weighted by atomic mass is 35.5. The second-order valence-corrected chi connectivity index (χ2v) is 6.42. The van der Waals surface area contributed by atoms with E-state index in [1.807, 2.05) is 36.1 Å². The summed E-state index contributed by atoms with van der Waals surface area (Å²) in [6.07, 6.45) is 1.66. The summed E-state index contributed by atoms with van der Waals surface area (Å²) in [6.45, 7) is 6.36. The molecule has 0 unspecified atom stereocenters. The molecular weight excluding hydrogens is 361 g/mol. The second kappa shape index (κ2) is 8.65. The number of nitrogens with one attached hydrogen (secondary N) is 1. The summed E-state index contributed by atoms with van der Waals surface area (Å²) in [4.78, 5) is 19.2. The first-order valence-electron chi connectivity index (χ1n) is 8.34. The van der Waals surface area contributed by atoms with Gasteiger partial charge in [-0.15, -0.1) is 17.5 Å². The molecule has 1 fully saturated rings. The van der Waals surface area contributed by atoms with Crippen LogP contribution in [0.15, 0.2) is 24.3 Å². The zero-order chi connectivity index (χ0) is 17.1. The molecule has 1 saturated heterocycles. The van der Waals surface area contributed by atoms with Gasteiger partial charge in [-0.25, -0.2) is 9.67 Å². The van der Waals surface area contributed by atoms with Crippen LogP contribution in [0, 0.1) is 0 Å². The van der Waals surface area contributed by atoms with Crippen molar-refractivity contribution in [2.45, 2.75) is 32.7 Å². The van der Waals surface area contributed by atoms with E-state index in [-0.39, 0.29) is 30.2 Å². The molecule has 8 heteroatoms. The highest BCUT2D eigenvalue weighted by molar-refractivity contribution is 6.32. The SMILES string of the molecule is CCCc1nc(C(=O)N2CCNC[C@H]2C)nn1-c1ccccc1Cl.Cl. The Balaban J connectivity index is 0.00000225. The molecule has 2 heterocycles. The number of aromatic nitrogens is 3. The van der Waals surface area contributed by atoms with Gasteiger partial charge in [-0.05, 0) is 25.5 Å². The predicted octanol–water partition coefficient (Wildman–Crippen LogP) is 2.73. The lowest BCUT2D eigenvalue weighted by molar-refractivity contribution is 0.0643. The van der Waals surface area contributed by atoms with Crippen molar-refractivity contribution in [3.05, 3.63) is 40.9 Å². The minimum atomic E-state index is -0.118. The van der Waals surface area contributed by atoms with Crippen LogP contribution in [0.25, 0.3) is 5.69 Å². The molecule has 1 aromatic carbocycles. The van der Waals surface area contributed by atoms with Crippen molar-refractivity contribution >= 4 is 29.9 Å². The number of carbonyl (C=O) groups excluding carboxylic acids is 1. The largest absolute Gasteiger partial charge is 0.331 e. The number of hydrogen-bond donors (Lipinski definition) is 1. The van der Waals surface area contributed by atoms with Crippen molar-refractivity contribution < 1.29 is 4.79 Å². The third kappa shape index (κ3) is 4.14. The van der Waals surface area contributed by atoms with Crippen molar-refractivity contribution in [2.75, 3.05) is 19.6 Å². The Morgan fingerprint density at radius 2 is 2.16 bits per heavy atom. The quantitative estimate of drug-likeness (QED) is 0.881. The monoisotopic (exact) mass is 383 g/mol. The van der Waals surface area contributed by atoms with Gasteiger partial charge >= 0.3 is 0 Å². The number of carbonyl (C=O) groups is 1. The molecule has 1 aliphatic heterocycles. The maximum Gasteiger partial charge on any atom is 0.293 e. The summed E-state index contributed by atoms with van der Waals surface area (Å²) in [5.74, 6) is 0.885. The molecule has 1 aliphatic rings. The number of halogens is 2. The average molecular weight is 384 g/mol. The molecule has 2 aromatic rings. The molecule has 0 radical (unpaired) electrons. The highest BCUT2D eigenvalue weighted by Gasteiger charge is 2.28. The molecule has 1 atom stereocenters. The molecule has 25 heavy (non-hydrogen) atoms. The molecule has 0 spiro atoms. The Labute approximate surface area is 159 Å². The summed E-state index contributed by atoms with van der Waals surface area (Å²) in [5, 5.41) is 8.35. The van der Waals surface area contributed by atoms with Gasteiger partial charge < -0.3 is 10.2 Å². The number of hydrogen-bond acceptors (Lipinski definition) is 4. The third-order valence-electron chi connectivity index (χ3n) is 4.18. The molecule has 1 aromatic heterocycles. The van der Waals surface area contributed by atoms with E-state index >= 15 is 0 Å². The Hall–Kier alpha value is -1.63. The van der Waals surface area contributed by atoms with Crippen molar-refractivity contribution in [1.29, 1.82) is 0 Å². The van der Waals surface area contributed by atoms with Crippen LogP contribution < -0.4 is 5.32 Å². The highest BCUT2D eigenvalue weighted by Crippen LogP contribution is 2.21. The van der Waals surface area contributed by atoms with Gasteiger partial charge in [0.05, 0.1) is 10.7 Å². The summed E-state index contributed by atoms with van der Waals surface area (Å²) in [5.41, 5.74) is 0.752. The third-order valence-corrected chi connectivity index (χ3v) is 4.50. The van der Waals surface area contributed by atoms with E-state index in [1.54, 1.807) is 4.68 Å². The molecule has 3 rings (SSSR count). The van der Waals surface area contributed by atoms with Crippen LogP contribution in [0.3, 0.4) is 0 Å². The Bertz CT molecular complexity index is 734. The average Bonchev–Trinajstić information content (AvgIpc) is 2.99. The Morgan fingerprint density at radius 3 is 2.84 bits per heavy atom. The van der Waals surface area contributed by atoms with Gasteiger partial charge in [0.1, 0.15) is 5.82 Å². The molecule has 0 saturated carbocycles. The second-order valence-electron chi connectivity index (χ2n) is 6.02. The van der Waals surface area contributed by atoms with Crippen molar-refractivity contribution in [2.24, 2.45) is 0 Å². The number of benzene rings is 1. The molecule has 1 amide bonds. The van der Waals surface area contributed by atoms with Crippen LogP contribution in [0.1, 0.15) is 36.7 Å². The maximum absolute atomic E-state index is 12.8. The smallest absolute Gasteiger partial charge is 0.293 e. The number of piperazine rings is 1. The zero-order valence-electron chi connectivity index (χ0n) is 14.4. The van der Waals surface area contributed by atoms with Gasteiger partial charge in [-0.3, -0.25) is 4.79 Å². The van der Waals surface area contributed by atoms with Crippen LogP contribution in [-0.2, 0) is 6.42 Å². The van der Waals surface area contributed by atoms with Gasteiger partial charge in [0.15, 0.2) is 0 Å². The Kier molecular flexibility index (Phi) is 6.81. The van der Waals surface area contributed by atoms with E-state index in [0.29, 0.717) is 11.6 Å². The molecule has 1 N–H and O–H groups in total. The van der Waals surface area contributed by atoms with Gasteiger partial charge in [-0.1, -0.05) is 30.7 Å². The topological polar surface area (TPSA) is 63.1 Å². The number of rotatable bonds is 4. The van der Waals surface area contributed by atoms with E-state index < -0.39 is 0 Å². The summed E-state index contributed by atoms with van der Waals surface area (Å²) >= 11 is 6.30. The van der Waals surface area contributed by atoms with E-state index in [9.17, 15) is 4.79 Å². The first-order valence-corrected chi connectivity index (χ1v) is 8.72. The lowest BCUT2D eigenvalue weighted by atomic mass is 10.2. The van der Waals surface area contributed by atoms with Crippen LogP contribution in [-0.4, -0.2) is 51.2 Å². The standard InChI is InChI=1S/C17H22ClN5O.ClH/c1-3-6-15-20-16(17(24)22-10-9-19-11-12(22)2)21-23(15)14-8-5-4-7-13(14)18;/h4-5,7-8,12,19H,3,6,9-11H2,1-2H3;1H/t12-;/m1./s1. The number of amides is 1. The zero-order valence-corrected chi connectivity index (χ0v) is 16.0. The normalized spacial score (nSPS) is 17.2. The molecule has 0 aliphatic carbocycles. The molecule has 136 valence electrons. The van der Waals surface area contributed by atoms with E-state index in [0.717, 1.165) is 37.4 Å². The lowest BCUT2D eigenvalue weighted by Crippen LogP contribution is -2.52. The summed E-state index contributed by atoms with van der Waals surface area (Å²) in [6, 6.07) is 7.61. The minimum absolute atomic E-state index is 0. The molecule has 0 bridgehead atoms. The lowest BCUT2D eigenvalue weighted by Gasteiger charge is -2.33. The fraction of sp³-hybridized carbons (Fsp3) is 0.471. The fourth-order valence-electron chi connectivity index (χ4n) is 2.91. The van der Waals surface area contributed by atoms with Gasteiger partial charge in [0.25, 0.3) is 5.91 Å². The van der Waals surface area contributed by atoms with Crippen LogP contribution in [0.4, 0.5) is 0 Å². The van der Waals surface area contributed by atoms with Gasteiger partial charge in [0.2, 0.25) is 5.82 Å². The molecular formula is C17H23Cl2N5O. The van der Waals surface area contributed by atoms with Crippen molar-refractivity contribution in [3.63, 3.8) is 0 Å². The first-order chi connectivity index (χ1) is 11.6. The summed E-state index contributed by atoms with van der Waals surface area (Å²) < 4.78 is 1.70. The number of para-hydroxylation sites is 1. The molecule has 6 nitrogen and oxygen atoms in total. The van der Waals surface area contributed by atoms with Gasteiger partial charge in [-0.2, -0.15) is 0 Å². The predicted molar refractivity (Wildman–Crippen MR) is 101 cm³/mol. The number of nitrogens with zero attached hydrogens (tertiary/aromatic N) is 4. The van der Waals surface area contributed by atoms with Crippen LogP contribution in [0.2, 0.25) is 5.02 Å².